The lowest BCUT2D eigenvalue weighted by Crippen LogP contribution is -2.62. The Balaban J connectivity index is 1.63. The Bertz CT molecular complexity index is 195. The van der Waals surface area contributed by atoms with Crippen molar-refractivity contribution in [3.05, 3.63) is 0 Å². The number of nitrogens with one attached hydrogen (secondary N) is 1. The van der Waals surface area contributed by atoms with Crippen LogP contribution < -0.4 is 5.32 Å². The smallest absolute Gasteiger partial charge is 0.222 e. The van der Waals surface area contributed by atoms with Gasteiger partial charge in [-0.3, -0.25) is 4.79 Å². The number of hydrogen-bond acceptors (Lipinski definition) is 2. The SMILES string of the molecule is CCC(=O)N1CC(NC2CCC2)C1. The van der Waals surface area contributed by atoms with Gasteiger partial charge in [-0.25, -0.2) is 0 Å². The van der Waals surface area contributed by atoms with Crippen LogP contribution in [0.3, 0.4) is 0 Å². The Hall–Kier alpha value is -0.570. The zero-order valence-electron chi connectivity index (χ0n) is 8.25. The molecule has 0 aromatic carbocycles. The van der Waals surface area contributed by atoms with Crippen molar-refractivity contribution < 1.29 is 4.79 Å². The minimum atomic E-state index is 0.298. The third-order valence-electron chi connectivity index (χ3n) is 3.11. The van der Waals surface area contributed by atoms with Crippen molar-refractivity contribution in [1.29, 1.82) is 0 Å². The molecule has 0 bridgehead atoms. The fraction of sp³-hybridized carbons (Fsp3) is 0.900. The van der Waals surface area contributed by atoms with E-state index in [0.717, 1.165) is 19.1 Å². The zero-order chi connectivity index (χ0) is 9.26. The van der Waals surface area contributed by atoms with Crippen LogP contribution >= 0.6 is 0 Å². The van der Waals surface area contributed by atoms with Gasteiger partial charge in [-0.1, -0.05) is 13.3 Å². The lowest BCUT2D eigenvalue weighted by atomic mass is 9.91. The van der Waals surface area contributed by atoms with Crippen LogP contribution in [-0.4, -0.2) is 36.0 Å². The summed E-state index contributed by atoms with van der Waals surface area (Å²) in [5.74, 6) is 0.298. The Labute approximate surface area is 79.5 Å². The number of likely N-dealkylation sites (tertiary alicyclic amines) is 1. The van der Waals surface area contributed by atoms with Gasteiger partial charge in [0.15, 0.2) is 0 Å². The van der Waals surface area contributed by atoms with Gasteiger partial charge in [0.1, 0.15) is 0 Å². The molecule has 2 aliphatic rings. The molecule has 1 aliphatic carbocycles. The van der Waals surface area contributed by atoms with E-state index in [1.165, 1.54) is 19.3 Å². The quantitative estimate of drug-likeness (QED) is 0.698. The number of rotatable bonds is 3. The largest absolute Gasteiger partial charge is 0.339 e. The molecular formula is C10H18N2O. The average molecular weight is 182 g/mol. The van der Waals surface area contributed by atoms with Gasteiger partial charge in [0, 0.05) is 31.6 Å². The maximum atomic E-state index is 11.2. The summed E-state index contributed by atoms with van der Waals surface area (Å²) in [5.41, 5.74) is 0. The molecule has 3 heteroatoms. The highest BCUT2D eigenvalue weighted by Gasteiger charge is 2.32. The van der Waals surface area contributed by atoms with Gasteiger partial charge in [-0.2, -0.15) is 0 Å². The molecule has 74 valence electrons. The number of amides is 1. The third-order valence-corrected chi connectivity index (χ3v) is 3.11. The number of nitrogens with zero attached hydrogens (tertiary/aromatic N) is 1. The molecule has 1 amide bonds. The van der Waals surface area contributed by atoms with Gasteiger partial charge >= 0.3 is 0 Å². The van der Waals surface area contributed by atoms with Crippen LogP contribution in [0.25, 0.3) is 0 Å². The molecule has 2 fully saturated rings. The molecule has 0 aromatic rings. The average Bonchev–Trinajstić information content (AvgIpc) is 1.97. The van der Waals surface area contributed by atoms with Crippen LogP contribution in [0.5, 0.6) is 0 Å². The van der Waals surface area contributed by atoms with Gasteiger partial charge in [0.2, 0.25) is 5.91 Å². The van der Waals surface area contributed by atoms with Crippen molar-refractivity contribution in [1.82, 2.24) is 10.2 Å². The normalized spacial score (nSPS) is 23.9. The minimum Gasteiger partial charge on any atom is -0.339 e. The van der Waals surface area contributed by atoms with Crippen LogP contribution in [0.15, 0.2) is 0 Å². The first-order valence-corrected chi connectivity index (χ1v) is 5.33. The monoisotopic (exact) mass is 182 g/mol. The Kier molecular flexibility index (Phi) is 2.54. The van der Waals surface area contributed by atoms with E-state index >= 15 is 0 Å². The van der Waals surface area contributed by atoms with E-state index in [0.29, 0.717) is 18.4 Å². The molecule has 1 N–H and O–H groups in total. The minimum absolute atomic E-state index is 0.298. The van der Waals surface area contributed by atoms with Crippen LogP contribution in [0.4, 0.5) is 0 Å². The molecule has 1 heterocycles. The molecule has 0 aromatic heterocycles. The summed E-state index contributed by atoms with van der Waals surface area (Å²) in [7, 11) is 0. The lowest BCUT2D eigenvalue weighted by molar-refractivity contribution is -0.135. The standard InChI is InChI=1S/C10H18N2O/c1-2-10(13)12-6-9(7-12)11-8-4-3-5-8/h8-9,11H,2-7H2,1H3. The van der Waals surface area contributed by atoms with E-state index in [2.05, 4.69) is 5.32 Å². The molecule has 13 heavy (non-hydrogen) atoms. The predicted octanol–water partition coefficient (Wildman–Crippen LogP) is 0.749. The van der Waals surface area contributed by atoms with E-state index in [1.54, 1.807) is 0 Å². The van der Waals surface area contributed by atoms with Crippen LogP contribution in [0, 0.1) is 0 Å². The Morgan fingerprint density at radius 1 is 1.38 bits per heavy atom. The molecule has 1 saturated carbocycles. The van der Waals surface area contributed by atoms with Gasteiger partial charge in [-0.05, 0) is 12.8 Å². The molecule has 0 unspecified atom stereocenters. The van der Waals surface area contributed by atoms with Crippen molar-refractivity contribution in [3.8, 4) is 0 Å². The van der Waals surface area contributed by atoms with E-state index in [-0.39, 0.29) is 0 Å². The Morgan fingerprint density at radius 3 is 2.54 bits per heavy atom. The second-order valence-electron chi connectivity index (χ2n) is 4.14. The second-order valence-corrected chi connectivity index (χ2v) is 4.14. The fourth-order valence-corrected chi connectivity index (χ4v) is 1.92. The summed E-state index contributed by atoms with van der Waals surface area (Å²) >= 11 is 0. The van der Waals surface area contributed by atoms with Gasteiger partial charge in [0.25, 0.3) is 0 Å². The molecule has 2 rings (SSSR count). The highest BCUT2D eigenvalue weighted by Crippen LogP contribution is 2.20. The number of hydrogen-bond donors (Lipinski definition) is 1. The van der Waals surface area contributed by atoms with E-state index in [4.69, 9.17) is 0 Å². The molecule has 0 atom stereocenters. The summed E-state index contributed by atoms with van der Waals surface area (Å²) in [6, 6.07) is 1.34. The summed E-state index contributed by atoms with van der Waals surface area (Å²) < 4.78 is 0. The molecule has 3 nitrogen and oxygen atoms in total. The van der Waals surface area contributed by atoms with Crippen molar-refractivity contribution in [3.63, 3.8) is 0 Å². The van der Waals surface area contributed by atoms with Crippen molar-refractivity contribution in [2.75, 3.05) is 13.1 Å². The van der Waals surface area contributed by atoms with E-state index in [1.807, 2.05) is 11.8 Å². The van der Waals surface area contributed by atoms with Gasteiger partial charge in [0.05, 0.1) is 0 Å². The number of carbonyl (C=O) groups excluding carboxylic acids is 1. The van der Waals surface area contributed by atoms with E-state index < -0.39 is 0 Å². The van der Waals surface area contributed by atoms with Crippen LogP contribution in [0.1, 0.15) is 32.6 Å². The maximum absolute atomic E-state index is 11.2. The van der Waals surface area contributed by atoms with Crippen molar-refractivity contribution in [2.24, 2.45) is 0 Å². The molecule has 1 saturated heterocycles. The molecule has 1 aliphatic heterocycles. The lowest BCUT2D eigenvalue weighted by Gasteiger charge is -2.43. The van der Waals surface area contributed by atoms with Gasteiger partial charge < -0.3 is 10.2 Å². The summed E-state index contributed by atoms with van der Waals surface area (Å²) in [4.78, 5) is 13.1. The first kappa shape index (κ1) is 9.00. The second kappa shape index (κ2) is 3.66. The Morgan fingerprint density at radius 2 is 2.08 bits per heavy atom. The fourth-order valence-electron chi connectivity index (χ4n) is 1.92. The molecule has 0 radical (unpaired) electrons. The first-order chi connectivity index (χ1) is 6.29. The first-order valence-electron chi connectivity index (χ1n) is 5.33. The van der Waals surface area contributed by atoms with Crippen LogP contribution in [0.2, 0.25) is 0 Å². The summed E-state index contributed by atoms with van der Waals surface area (Å²) in [6.07, 6.45) is 4.69. The van der Waals surface area contributed by atoms with Crippen LogP contribution in [-0.2, 0) is 4.79 Å². The third kappa shape index (κ3) is 1.85. The van der Waals surface area contributed by atoms with Gasteiger partial charge in [-0.15, -0.1) is 0 Å². The highest BCUT2D eigenvalue weighted by atomic mass is 16.2. The molecular weight excluding hydrogens is 164 g/mol. The maximum Gasteiger partial charge on any atom is 0.222 e. The molecule has 0 spiro atoms. The summed E-state index contributed by atoms with van der Waals surface area (Å²) in [6.45, 7) is 3.79. The zero-order valence-corrected chi connectivity index (χ0v) is 8.25. The highest BCUT2D eigenvalue weighted by molar-refractivity contribution is 5.76. The van der Waals surface area contributed by atoms with E-state index in [9.17, 15) is 4.79 Å². The van der Waals surface area contributed by atoms with Crippen molar-refractivity contribution in [2.45, 2.75) is 44.7 Å². The predicted molar refractivity (Wildman–Crippen MR) is 51.4 cm³/mol. The summed E-state index contributed by atoms with van der Waals surface area (Å²) in [5, 5.41) is 3.57. The topological polar surface area (TPSA) is 32.3 Å². The number of carbonyl (C=O) groups is 1. The van der Waals surface area contributed by atoms with Crippen molar-refractivity contribution >= 4 is 5.91 Å².